The molecule has 0 radical (unpaired) electrons. The van der Waals surface area contributed by atoms with Gasteiger partial charge >= 0.3 is 0 Å². The Morgan fingerprint density at radius 3 is 2.42 bits per heavy atom. The molecule has 2 aliphatic rings. The van der Waals surface area contributed by atoms with Crippen LogP contribution in [0.1, 0.15) is 30.1 Å². The van der Waals surface area contributed by atoms with E-state index in [0.717, 1.165) is 57.8 Å². The summed E-state index contributed by atoms with van der Waals surface area (Å²) in [6, 6.07) is 10.2. The number of para-hydroxylation sites is 1. The number of rotatable bonds is 5. The Bertz CT molecular complexity index is 1030. The molecule has 2 aromatic carbocycles. The molecule has 2 aliphatic heterocycles. The molecule has 9 heteroatoms. The Labute approximate surface area is 199 Å². The standard InChI is InChI=1S/C24H30ClN5O3/c1-17-8-10-28(11-9-17)21-7-6-18(16-22(21)30(32)33)24(31)26-20-5-3-4-19(25)23(20)29-14-12-27(2)13-15-29/h3-7,16-17H,8-15H2,1-2H3,(H,26,31). The van der Waals surface area contributed by atoms with E-state index < -0.39 is 10.8 Å². The molecule has 1 N–H and O–H groups in total. The molecular formula is C24H30ClN5O3. The number of likely N-dealkylation sites (N-methyl/N-ethyl adjacent to an activating group) is 1. The molecule has 0 aliphatic carbocycles. The minimum atomic E-state index is -0.404. The number of hydrogen-bond donors (Lipinski definition) is 1. The van der Waals surface area contributed by atoms with Crippen LogP contribution in [0.25, 0.3) is 0 Å². The van der Waals surface area contributed by atoms with Crippen LogP contribution in [0.2, 0.25) is 5.02 Å². The van der Waals surface area contributed by atoms with Crippen molar-refractivity contribution >= 4 is 40.3 Å². The second kappa shape index (κ2) is 9.97. The summed E-state index contributed by atoms with van der Waals surface area (Å²) < 4.78 is 0. The van der Waals surface area contributed by atoms with E-state index in [1.165, 1.54) is 6.07 Å². The number of carbonyl (C=O) groups excluding carboxylic acids is 1. The Morgan fingerprint density at radius 1 is 1.06 bits per heavy atom. The first-order valence-corrected chi connectivity index (χ1v) is 11.8. The van der Waals surface area contributed by atoms with Crippen molar-refractivity contribution in [1.82, 2.24) is 4.90 Å². The Kier molecular flexibility index (Phi) is 7.05. The molecule has 1 amide bonds. The number of nitro groups is 1. The van der Waals surface area contributed by atoms with Crippen molar-refractivity contribution < 1.29 is 9.72 Å². The van der Waals surface area contributed by atoms with E-state index in [2.05, 4.69) is 29.1 Å². The SMILES string of the molecule is CC1CCN(c2ccc(C(=O)Nc3cccc(Cl)c3N3CCN(C)CC3)cc2[N+](=O)[O-])CC1. The average Bonchev–Trinajstić information content (AvgIpc) is 2.80. The van der Waals surface area contributed by atoms with Crippen LogP contribution in [0.5, 0.6) is 0 Å². The molecular weight excluding hydrogens is 442 g/mol. The van der Waals surface area contributed by atoms with Gasteiger partial charge in [0.2, 0.25) is 0 Å². The zero-order valence-electron chi connectivity index (χ0n) is 19.1. The number of piperazine rings is 1. The zero-order chi connectivity index (χ0) is 23.5. The third-order valence-corrected chi connectivity index (χ3v) is 6.92. The van der Waals surface area contributed by atoms with E-state index in [4.69, 9.17) is 11.6 Å². The number of anilines is 3. The fraction of sp³-hybridized carbons (Fsp3) is 0.458. The molecule has 4 rings (SSSR count). The molecule has 2 aromatic rings. The lowest BCUT2D eigenvalue weighted by atomic mass is 9.98. The second-order valence-electron chi connectivity index (χ2n) is 9.01. The van der Waals surface area contributed by atoms with Crippen LogP contribution in [0.3, 0.4) is 0 Å². The van der Waals surface area contributed by atoms with E-state index in [9.17, 15) is 14.9 Å². The smallest absolute Gasteiger partial charge is 0.293 e. The largest absolute Gasteiger partial charge is 0.366 e. The van der Waals surface area contributed by atoms with E-state index >= 15 is 0 Å². The highest BCUT2D eigenvalue weighted by Crippen LogP contribution is 2.36. The molecule has 0 atom stereocenters. The number of benzene rings is 2. The minimum Gasteiger partial charge on any atom is -0.366 e. The highest BCUT2D eigenvalue weighted by molar-refractivity contribution is 6.34. The Balaban J connectivity index is 1.57. The van der Waals surface area contributed by atoms with Gasteiger partial charge in [-0.2, -0.15) is 0 Å². The molecule has 0 spiro atoms. The maximum atomic E-state index is 13.1. The van der Waals surface area contributed by atoms with Gasteiger partial charge in [-0.25, -0.2) is 0 Å². The third-order valence-electron chi connectivity index (χ3n) is 6.61. The van der Waals surface area contributed by atoms with Gasteiger partial charge in [0.25, 0.3) is 11.6 Å². The normalized spacial score (nSPS) is 17.8. The number of amides is 1. The lowest BCUT2D eigenvalue weighted by molar-refractivity contribution is -0.384. The van der Waals surface area contributed by atoms with Crippen molar-refractivity contribution in [3.63, 3.8) is 0 Å². The van der Waals surface area contributed by atoms with Crippen LogP contribution < -0.4 is 15.1 Å². The van der Waals surface area contributed by atoms with Crippen LogP contribution >= 0.6 is 11.6 Å². The number of nitrogens with zero attached hydrogens (tertiary/aromatic N) is 4. The lowest BCUT2D eigenvalue weighted by Gasteiger charge is -2.35. The maximum absolute atomic E-state index is 13.1. The van der Waals surface area contributed by atoms with Gasteiger partial charge < -0.3 is 20.0 Å². The first kappa shape index (κ1) is 23.3. The van der Waals surface area contributed by atoms with E-state index in [-0.39, 0.29) is 11.3 Å². The molecule has 2 heterocycles. The predicted molar refractivity (Wildman–Crippen MR) is 133 cm³/mol. The fourth-order valence-electron chi connectivity index (χ4n) is 4.49. The molecule has 2 fully saturated rings. The fourth-order valence-corrected chi connectivity index (χ4v) is 4.78. The van der Waals surface area contributed by atoms with E-state index in [1.54, 1.807) is 18.2 Å². The minimum absolute atomic E-state index is 0.0393. The summed E-state index contributed by atoms with van der Waals surface area (Å²) >= 11 is 6.51. The van der Waals surface area contributed by atoms with Crippen LogP contribution in [-0.4, -0.2) is 62.0 Å². The number of nitro benzene ring substituents is 1. The number of hydrogen-bond acceptors (Lipinski definition) is 6. The molecule has 0 saturated carbocycles. The first-order chi connectivity index (χ1) is 15.8. The molecule has 0 unspecified atom stereocenters. The summed E-state index contributed by atoms with van der Waals surface area (Å²) in [6.07, 6.45) is 2.01. The summed E-state index contributed by atoms with van der Waals surface area (Å²) in [4.78, 5) is 31.0. The van der Waals surface area contributed by atoms with Gasteiger partial charge in [0.1, 0.15) is 5.69 Å². The number of halogens is 1. The van der Waals surface area contributed by atoms with Crippen LogP contribution in [0.4, 0.5) is 22.7 Å². The topological polar surface area (TPSA) is 82.0 Å². The summed E-state index contributed by atoms with van der Waals surface area (Å²) in [5.74, 6) is 0.229. The highest BCUT2D eigenvalue weighted by atomic mass is 35.5. The average molecular weight is 472 g/mol. The maximum Gasteiger partial charge on any atom is 0.293 e. The van der Waals surface area contributed by atoms with Crippen LogP contribution in [0, 0.1) is 16.0 Å². The second-order valence-corrected chi connectivity index (χ2v) is 9.42. The lowest BCUT2D eigenvalue weighted by Crippen LogP contribution is -2.44. The Morgan fingerprint density at radius 2 is 1.76 bits per heavy atom. The van der Waals surface area contributed by atoms with Crippen molar-refractivity contribution in [3.8, 4) is 0 Å². The summed E-state index contributed by atoms with van der Waals surface area (Å²) in [7, 11) is 2.08. The molecule has 0 bridgehead atoms. The van der Waals surface area contributed by atoms with Crippen LogP contribution in [-0.2, 0) is 0 Å². The van der Waals surface area contributed by atoms with Gasteiger partial charge in [0.05, 0.1) is 21.3 Å². The van der Waals surface area contributed by atoms with Gasteiger partial charge in [-0.1, -0.05) is 24.6 Å². The van der Waals surface area contributed by atoms with Gasteiger partial charge in [0.15, 0.2) is 0 Å². The van der Waals surface area contributed by atoms with Gasteiger partial charge in [-0.05, 0) is 50.1 Å². The van der Waals surface area contributed by atoms with Crippen molar-refractivity contribution in [2.75, 3.05) is 61.4 Å². The summed E-state index contributed by atoms with van der Waals surface area (Å²) in [6.45, 7) is 7.18. The summed E-state index contributed by atoms with van der Waals surface area (Å²) in [5, 5.41) is 15.3. The van der Waals surface area contributed by atoms with Crippen molar-refractivity contribution in [2.45, 2.75) is 19.8 Å². The van der Waals surface area contributed by atoms with Crippen molar-refractivity contribution in [2.24, 2.45) is 5.92 Å². The molecule has 33 heavy (non-hydrogen) atoms. The van der Waals surface area contributed by atoms with Crippen molar-refractivity contribution in [1.29, 1.82) is 0 Å². The molecule has 0 aromatic heterocycles. The van der Waals surface area contributed by atoms with E-state index in [0.29, 0.717) is 22.3 Å². The number of nitrogens with one attached hydrogen (secondary N) is 1. The zero-order valence-corrected chi connectivity index (χ0v) is 19.8. The van der Waals surface area contributed by atoms with Gasteiger partial charge in [0, 0.05) is 50.9 Å². The first-order valence-electron chi connectivity index (χ1n) is 11.4. The van der Waals surface area contributed by atoms with Gasteiger partial charge in [-0.3, -0.25) is 14.9 Å². The number of piperidine rings is 1. The monoisotopic (exact) mass is 471 g/mol. The van der Waals surface area contributed by atoms with Crippen molar-refractivity contribution in [3.05, 3.63) is 57.1 Å². The Hall–Kier alpha value is -2.84. The summed E-state index contributed by atoms with van der Waals surface area (Å²) in [5.41, 5.74) is 2.18. The van der Waals surface area contributed by atoms with Gasteiger partial charge in [-0.15, -0.1) is 0 Å². The third kappa shape index (κ3) is 5.23. The predicted octanol–water partition coefficient (Wildman–Crippen LogP) is 4.49. The quantitative estimate of drug-likeness (QED) is 0.511. The molecule has 176 valence electrons. The van der Waals surface area contributed by atoms with Crippen LogP contribution in [0.15, 0.2) is 36.4 Å². The molecule has 2 saturated heterocycles. The number of carbonyl (C=O) groups is 1. The van der Waals surface area contributed by atoms with E-state index in [1.807, 2.05) is 17.0 Å². The molecule has 8 nitrogen and oxygen atoms in total. The highest BCUT2D eigenvalue weighted by Gasteiger charge is 2.26.